The molecule has 1 aliphatic rings. The molecular formula is C21H25NO3S. The third-order valence-electron chi connectivity index (χ3n) is 4.91. The Morgan fingerprint density at radius 1 is 1.19 bits per heavy atom. The number of carbonyl (C=O) groups is 1. The molecule has 2 aromatic carbocycles. The highest BCUT2D eigenvalue weighted by atomic mass is 32.2. The van der Waals surface area contributed by atoms with Crippen molar-refractivity contribution in [3.63, 3.8) is 0 Å². The van der Waals surface area contributed by atoms with Crippen molar-refractivity contribution < 1.29 is 13.2 Å². The monoisotopic (exact) mass is 371 g/mol. The zero-order valence-corrected chi connectivity index (χ0v) is 15.9. The minimum Gasteiger partial charge on any atom is -0.335 e. The maximum absolute atomic E-state index is 12.8. The lowest BCUT2D eigenvalue weighted by molar-refractivity contribution is -0.127. The summed E-state index contributed by atoms with van der Waals surface area (Å²) in [6.07, 6.45) is 5.82. The molecule has 26 heavy (non-hydrogen) atoms. The molecule has 0 aliphatic carbocycles. The van der Waals surface area contributed by atoms with Crippen LogP contribution >= 0.6 is 0 Å². The lowest BCUT2D eigenvalue weighted by Gasteiger charge is -2.27. The lowest BCUT2D eigenvalue weighted by atomic mass is 10.0. The Morgan fingerprint density at radius 2 is 1.96 bits per heavy atom. The summed E-state index contributed by atoms with van der Waals surface area (Å²) in [5.74, 6) is 0.166. The molecule has 0 aromatic heterocycles. The van der Waals surface area contributed by atoms with Crippen LogP contribution in [0.15, 0.2) is 48.5 Å². The van der Waals surface area contributed by atoms with Gasteiger partial charge < -0.3 is 4.90 Å². The van der Waals surface area contributed by atoms with Crippen molar-refractivity contribution >= 4 is 32.6 Å². The van der Waals surface area contributed by atoms with Crippen molar-refractivity contribution in [2.45, 2.75) is 32.2 Å². The molecule has 1 atom stereocenters. The van der Waals surface area contributed by atoms with Crippen LogP contribution in [-0.2, 0) is 14.6 Å². The summed E-state index contributed by atoms with van der Waals surface area (Å²) in [7, 11) is -3.01. The Morgan fingerprint density at radius 3 is 2.69 bits per heavy atom. The highest BCUT2D eigenvalue weighted by molar-refractivity contribution is 7.91. The second-order valence-electron chi connectivity index (χ2n) is 6.84. The summed E-state index contributed by atoms with van der Waals surface area (Å²) >= 11 is 0. The van der Waals surface area contributed by atoms with E-state index >= 15 is 0 Å². The second kappa shape index (κ2) is 8.04. The summed E-state index contributed by atoms with van der Waals surface area (Å²) in [4.78, 5) is 14.5. The highest BCUT2D eigenvalue weighted by Crippen LogP contribution is 2.21. The van der Waals surface area contributed by atoms with Gasteiger partial charge in [0.15, 0.2) is 9.84 Å². The molecule has 1 aliphatic heterocycles. The first-order valence-corrected chi connectivity index (χ1v) is 11.0. The minimum absolute atomic E-state index is 0.0879. The van der Waals surface area contributed by atoms with Gasteiger partial charge in [-0.2, -0.15) is 0 Å². The molecule has 0 spiro atoms. The van der Waals surface area contributed by atoms with Crippen LogP contribution in [0.25, 0.3) is 16.8 Å². The average Bonchev–Trinajstić information content (AvgIpc) is 2.99. The topological polar surface area (TPSA) is 54.5 Å². The molecule has 0 bridgehead atoms. The summed E-state index contributed by atoms with van der Waals surface area (Å²) in [6.45, 7) is 2.68. The first kappa shape index (κ1) is 18.6. The number of sulfone groups is 1. The maximum atomic E-state index is 12.8. The summed E-state index contributed by atoms with van der Waals surface area (Å²) in [5.41, 5.74) is 0.992. The molecule has 1 unspecified atom stereocenters. The molecule has 5 heteroatoms. The third-order valence-corrected chi connectivity index (χ3v) is 6.66. The van der Waals surface area contributed by atoms with Gasteiger partial charge in [0.1, 0.15) is 0 Å². The van der Waals surface area contributed by atoms with Crippen molar-refractivity contribution in [1.82, 2.24) is 4.90 Å². The van der Waals surface area contributed by atoms with E-state index in [0.29, 0.717) is 13.0 Å². The minimum atomic E-state index is -3.01. The van der Waals surface area contributed by atoms with Gasteiger partial charge in [-0.1, -0.05) is 55.8 Å². The Bertz CT molecular complexity index is 913. The Kier molecular flexibility index (Phi) is 5.77. The van der Waals surface area contributed by atoms with Crippen LogP contribution in [0.2, 0.25) is 0 Å². The van der Waals surface area contributed by atoms with Crippen molar-refractivity contribution in [3.05, 3.63) is 54.1 Å². The summed E-state index contributed by atoms with van der Waals surface area (Å²) in [6, 6.07) is 13.9. The number of fused-ring (bicyclic) bond motifs is 1. The number of hydrogen-bond acceptors (Lipinski definition) is 3. The number of unbranched alkanes of at least 4 members (excludes halogenated alkanes) is 1. The van der Waals surface area contributed by atoms with Gasteiger partial charge in [-0.25, -0.2) is 8.42 Å². The molecule has 4 nitrogen and oxygen atoms in total. The molecule has 1 amide bonds. The Labute approximate surface area is 155 Å². The molecular weight excluding hydrogens is 346 g/mol. The maximum Gasteiger partial charge on any atom is 0.246 e. The van der Waals surface area contributed by atoms with E-state index in [1.807, 2.05) is 48.5 Å². The van der Waals surface area contributed by atoms with Crippen LogP contribution in [0.1, 0.15) is 31.7 Å². The number of carbonyl (C=O) groups excluding carboxylic acids is 1. The SMILES string of the molecule is CCCCN(C(=O)/C=C/c1cccc2ccccc12)C1CCS(=O)(=O)C1. The summed E-state index contributed by atoms with van der Waals surface area (Å²) < 4.78 is 23.6. The van der Waals surface area contributed by atoms with Crippen LogP contribution in [0.5, 0.6) is 0 Å². The average molecular weight is 372 g/mol. The number of amides is 1. The van der Waals surface area contributed by atoms with Crippen molar-refractivity contribution in [2.75, 3.05) is 18.1 Å². The van der Waals surface area contributed by atoms with Crippen molar-refractivity contribution in [3.8, 4) is 0 Å². The van der Waals surface area contributed by atoms with E-state index < -0.39 is 9.84 Å². The van der Waals surface area contributed by atoms with Gasteiger partial charge in [-0.05, 0) is 35.3 Å². The van der Waals surface area contributed by atoms with E-state index in [4.69, 9.17) is 0 Å². The molecule has 1 heterocycles. The molecule has 1 saturated heterocycles. The van der Waals surface area contributed by atoms with Gasteiger partial charge in [-0.3, -0.25) is 4.79 Å². The van der Waals surface area contributed by atoms with Crippen molar-refractivity contribution in [2.24, 2.45) is 0 Å². The quantitative estimate of drug-likeness (QED) is 0.728. The van der Waals surface area contributed by atoms with Gasteiger partial charge in [0.2, 0.25) is 5.91 Å². The zero-order chi connectivity index (χ0) is 18.6. The predicted molar refractivity (Wildman–Crippen MR) is 107 cm³/mol. The van der Waals surface area contributed by atoms with Gasteiger partial charge in [0, 0.05) is 18.7 Å². The molecule has 3 rings (SSSR count). The molecule has 2 aromatic rings. The molecule has 1 fully saturated rings. The lowest BCUT2D eigenvalue weighted by Crippen LogP contribution is -2.40. The first-order chi connectivity index (χ1) is 12.5. The van der Waals surface area contributed by atoms with E-state index in [1.54, 1.807) is 11.0 Å². The second-order valence-corrected chi connectivity index (χ2v) is 9.07. The van der Waals surface area contributed by atoms with E-state index in [1.165, 1.54) is 0 Å². The van der Waals surface area contributed by atoms with Gasteiger partial charge in [0.05, 0.1) is 11.5 Å². The van der Waals surface area contributed by atoms with Crippen LogP contribution in [0.3, 0.4) is 0 Å². The first-order valence-electron chi connectivity index (χ1n) is 9.17. The fraction of sp³-hybridized carbons (Fsp3) is 0.381. The normalized spacial score (nSPS) is 19.2. The zero-order valence-electron chi connectivity index (χ0n) is 15.1. The van der Waals surface area contributed by atoms with Gasteiger partial charge >= 0.3 is 0 Å². The number of benzene rings is 2. The standard InChI is InChI=1S/C21H25NO3S/c1-2-3-14-22(19-13-15-26(24,25)16-19)21(23)12-11-18-9-6-8-17-7-4-5-10-20(17)18/h4-12,19H,2-3,13-16H2,1H3/b12-11+. The fourth-order valence-electron chi connectivity index (χ4n) is 3.47. The van der Waals surface area contributed by atoms with Gasteiger partial charge in [0.25, 0.3) is 0 Å². The van der Waals surface area contributed by atoms with E-state index in [-0.39, 0.29) is 23.5 Å². The van der Waals surface area contributed by atoms with Crippen LogP contribution in [0, 0.1) is 0 Å². The molecule has 138 valence electrons. The number of rotatable bonds is 6. The molecule has 0 saturated carbocycles. The van der Waals surface area contributed by atoms with Gasteiger partial charge in [-0.15, -0.1) is 0 Å². The predicted octanol–water partition coefficient (Wildman–Crippen LogP) is 3.67. The molecule has 0 N–H and O–H groups in total. The Hall–Kier alpha value is -2.14. The van der Waals surface area contributed by atoms with Crippen molar-refractivity contribution in [1.29, 1.82) is 0 Å². The number of hydrogen-bond donors (Lipinski definition) is 0. The van der Waals surface area contributed by atoms with E-state index in [0.717, 1.165) is 29.2 Å². The van der Waals surface area contributed by atoms with E-state index in [2.05, 4.69) is 6.92 Å². The van der Waals surface area contributed by atoms with Crippen LogP contribution in [-0.4, -0.2) is 43.3 Å². The Balaban J connectivity index is 1.81. The largest absolute Gasteiger partial charge is 0.335 e. The highest BCUT2D eigenvalue weighted by Gasteiger charge is 2.33. The third kappa shape index (κ3) is 4.33. The number of nitrogens with zero attached hydrogens (tertiary/aromatic N) is 1. The smallest absolute Gasteiger partial charge is 0.246 e. The summed E-state index contributed by atoms with van der Waals surface area (Å²) in [5, 5.41) is 2.23. The fourth-order valence-corrected chi connectivity index (χ4v) is 5.21. The molecule has 0 radical (unpaired) electrons. The van der Waals surface area contributed by atoms with Crippen LogP contribution in [0.4, 0.5) is 0 Å². The van der Waals surface area contributed by atoms with Crippen LogP contribution < -0.4 is 0 Å². The van der Waals surface area contributed by atoms with E-state index in [9.17, 15) is 13.2 Å².